The van der Waals surface area contributed by atoms with Gasteiger partial charge in [-0.15, -0.1) is 0 Å². The van der Waals surface area contributed by atoms with E-state index in [1.807, 2.05) is 55.5 Å². The molecule has 3 amide bonds. The van der Waals surface area contributed by atoms with Crippen LogP contribution in [0.3, 0.4) is 0 Å². The molecule has 1 aliphatic heterocycles. The van der Waals surface area contributed by atoms with Gasteiger partial charge in [-0.1, -0.05) is 17.7 Å². The van der Waals surface area contributed by atoms with Gasteiger partial charge in [-0.25, -0.2) is 4.79 Å². The summed E-state index contributed by atoms with van der Waals surface area (Å²) in [5.41, 5.74) is 2.65. The minimum Gasteiger partial charge on any atom is -0.497 e. The summed E-state index contributed by atoms with van der Waals surface area (Å²) in [6, 6.07) is 14.3. The van der Waals surface area contributed by atoms with E-state index in [1.165, 1.54) is 0 Å². The number of aryl methyl sites for hydroxylation is 1. The first-order valence-electron chi connectivity index (χ1n) is 8.14. The van der Waals surface area contributed by atoms with Crippen molar-refractivity contribution in [1.29, 1.82) is 0 Å². The lowest BCUT2D eigenvalue weighted by Gasteiger charge is -2.17. The van der Waals surface area contributed by atoms with Gasteiger partial charge in [-0.05, 0) is 43.3 Å². The largest absolute Gasteiger partial charge is 0.497 e. The number of hydrogen-bond acceptors (Lipinski definition) is 3. The molecule has 3 rings (SSSR count). The van der Waals surface area contributed by atoms with E-state index >= 15 is 0 Å². The molecule has 130 valence electrons. The Labute approximate surface area is 146 Å². The van der Waals surface area contributed by atoms with Gasteiger partial charge in [-0.3, -0.25) is 4.79 Å². The Hall–Kier alpha value is -3.02. The number of methoxy groups -OCH3 is 1. The van der Waals surface area contributed by atoms with Crippen LogP contribution in [0.1, 0.15) is 12.0 Å². The number of ether oxygens (including phenoxy) is 1. The van der Waals surface area contributed by atoms with Crippen LogP contribution >= 0.6 is 0 Å². The third-order valence-electron chi connectivity index (χ3n) is 4.15. The molecule has 0 spiro atoms. The Morgan fingerprint density at radius 1 is 1.12 bits per heavy atom. The fraction of sp³-hybridized carbons (Fsp3) is 0.263. The van der Waals surface area contributed by atoms with E-state index in [2.05, 4.69) is 10.6 Å². The predicted molar refractivity (Wildman–Crippen MR) is 97.1 cm³/mol. The highest BCUT2D eigenvalue weighted by Gasteiger charge is 2.31. The number of benzene rings is 2. The molecule has 0 radical (unpaired) electrons. The first kappa shape index (κ1) is 16.8. The molecule has 1 aliphatic rings. The Morgan fingerprint density at radius 3 is 2.44 bits per heavy atom. The molecular weight excluding hydrogens is 318 g/mol. The average Bonchev–Trinajstić information content (AvgIpc) is 2.97. The Kier molecular flexibility index (Phi) is 4.88. The smallest absolute Gasteiger partial charge is 0.319 e. The van der Waals surface area contributed by atoms with Gasteiger partial charge >= 0.3 is 6.03 Å². The molecule has 25 heavy (non-hydrogen) atoms. The van der Waals surface area contributed by atoms with Crippen LogP contribution in [0, 0.1) is 6.92 Å². The molecule has 0 bridgehead atoms. The zero-order chi connectivity index (χ0) is 17.8. The second kappa shape index (κ2) is 7.25. The van der Waals surface area contributed by atoms with Gasteiger partial charge in [0.15, 0.2) is 0 Å². The van der Waals surface area contributed by atoms with Crippen molar-refractivity contribution >= 4 is 23.3 Å². The molecule has 1 heterocycles. The molecule has 0 aliphatic carbocycles. The predicted octanol–water partition coefficient (Wildman–Crippen LogP) is 2.93. The monoisotopic (exact) mass is 339 g/mol. The molecule has 1 fully saturated rings. The number of anilines is 2. The van der Waals surface area contributed by atoms with Crippen molar-refractivity contribution in [1.82, 2.24) is 5.32 Å². The standard InChI is InChI=1S/C19H21N3O3/c1-13-3-5-14(6-4-13)20-19(24)21-15-11-18(23)22(12-15)16-7-9-17(25-2)10-8-16/h3-10,15H,11-12H2,1-2H3,(H2,20,21,24). The lowest BCUT2D eigenvalue weighted by molar-refractivity contribution is -0.117. The Balaban J connectivity index is 1.58. The highest BCUT2D eigenvalue weighted by Crippen LogP contribution is 2.24. The molecular formula is C19H21N3O3. The first-order chi connectivity index (χ1) is 12.0. The first-order valence-corrected chi connectivity index (χ1v) is 8.14. The molecule has 0 saturated carbocycles. The minimum absolute atomic E-state index is 0.00852. The lowest BCUT2D eigenvalue weighted by Crippen LogP contribution is -2.39. The van der Waals surface area contributed by atoms with Crippen molar-refractivity contribution in [2.75, 3.05) is 23.9 Å². The summed E-state index contributed by atoms with van der Waals surface area (Å²) in [5.74, 6) is 0.730. The van der Waals surface area contributed by atoms with Gasteiger partial charge < -0.3 is 20.3 Å². The second-order valence-electron chi connectivity index (χ2n) is 6.07. The zero-order valence-electron chi connectivity index (χ0n) is 14.3. The quantitative estimate of drug-likeness (QED) is 0.900. The van der Waals surface area contributed by atoms with Crippen LogP contribution in [-0.2, 0) is 4.79 Å². The summed E-state index contributed by atoms with van der Waals surface area (Å²) in [4.78, 5) is 26.0. The molecule has 6 nitrogen and oxygen atoms in total. The Bertz CT molecular complexity index is 756. The molecule has 6 heteroatoms. The molecule has 2 aromatic rings. The number of rotatable bonds is 4. The van der Waals surface area contributed by atoms with E-state index < -0.39 is 0 Å². The van der Waals surface area contributed by atoms with Crippen LogP contribution in [0.25, 0.3) is 0 Å². The van der Waals surface area contributed by atoms with E-state index in [-0.39, 0.29) is 24.4 Å². The summed E-state index contributed by atoms with van der Waals surface area (Å²) < 4.78 is 5.13. The third-order valence-corrected chi connectivity index (χ3v) is 4.15. The summed E-state index contributed by atoms with van der Waals surface area (Å²) in [7, 11) is 1.60. The number of amides is 3. The van der Waals surface area contributed by atoms with Gasteiger partial charge in [0.05, 0.1) is 13.2 Å². The molecule has 0 aromatic heterocycles. The number of hydrogen-bond donors (Lipinski definition) is 2. The number of nitrogens with one attached hydrogen (secondary N) is 2. The van der Waals surface area contributed by atoms with Crippen LogP contribution in [0.15, 0.2) is 48.5 Å². The lowest BCUT2D eigenvalue weighted by atomic mass is 10.2. The van der Waals surface area contributed by atoms with E-state index in [4.69, 9.17) is 4.74 Å². The normalized spacial score (nSPS) is 16.6. The minimum atomic E-state index is -0.307. The number of carbonyl (C=O) groups is 2. The van der Waals surface area contributed by atoms with E-state index in [9.17, 15) is 9.59 Å². The number of carbonyl (C=O) groups excluding carboxylic acids is 2. The van der Waals surface area contributed by atoms with Crippen LogP contribution < -0.4 is 20.3 Å². The van der Waals surface area contributed by atoms with Crippen molar-refractivity contribution in [3.63, 3.8) is 0 Å². The molecule has 2 aromatic carbocycles. The van der Waals surface area contributed by atoms with Crippen LogP contribution in [0.4, 0.5) is 16.2 Å². The summed E-state index contributed by atoms with van der Waals surface area (Å²) in [6.45, 7) is 2.44. The Morgan fingerprint density at radius 2 is 1.80 bits per heavy atom. The van der Waals surface area contributed by atoms with Crippen molar-refractivity contribution in [3.05, 3.63) is 54.1 Å². The van der Waals surface area contributed by atoms with E-state index in [0.29, 0.717) is 6.54 Å². The maximum Gasteiger partial charge on any atom is 0.319 e. The summed E-state index contributed by atoms with van der Waals surface area (Å²) in [5, 5.41) is 5.64. The van der Waals surface area contributed by atoms with Gasteiger partial charge in [-0.2, -0.15) is 0 Å². The van der Waals surface area contributed by atoms with Gasteiger partial charge in [0, 0.05) is 24.3 Å². The van der Waals surface area contributed by atoms with Crippen LogP contribution in [0.5, 0.6) is 5.75 Å². The molecule has 1 atom stereocenters. The number of nitrogens with zero attached hydrogens (tertiary/aromatic N) is 1. The SMILES string of the molecule is COc1ccc(N2CC(NC(=O)Nc3ccc(C)cc3)CC2=O)cc1. The van der Waals surface area contributed by atoms with Crippen molar-refractivity contribution < 1.29 is 14.3 Å². The van der Waals surface area contributed by atoms with Crippen LogP contribution in [0.2, 0.25) is 0 Å². The highest BCUT2D eigenvalue weighted by atomic mass is 16.5. The average molecular weight is 339 g/mol. The van der Waals surface area contributed by atoms with Crippen molar-refractivity contribution in [2.45, 2.75) is 19.4 Å². The second-order valence-corrected chi connectivity index (χ2v) is 6.07. The van der Waals surface area contributed by atoms with Gasteiger partial charge in [0.25, 0.3) is 0 Å². The highest BCUT2D eigenvalue weighted by molar-refractivity contribution is 5.97. The molecule has 2 N–H and O–H groups in total. The maximum absolute atomic E-state index is 12.2. The molecule has 1 unspecified atom stereocenters. The fourth-order valence-corrected chi connectivity index (χ4v) is 2.81. The third kappa shape index (κ3) is 4.09. The van der Waals surface area contributed by atoms with E-state index in [1.54, 1.807) is 12.0 Å². The fourth-order valence-electron chi connectivity index (χ4n) is 2.81. The topological polar surface area (TPSA) is 70.7 Å². The summed E-state index contributed by atoms with van der Waals surface area (Å²) in [6.07, 6.45) is 0.285. The van der Waals surface area contributed by atoms with Crippen molar-refractivity contribution in [2.24, 2.45) is 0 Å². The molecule has 1 saturated heterocycles. The summed E-state index contributed by atoms with van der Waals surface area (Å²) >= 11 is 0. The van der Waals surface area contributed by atoms with Gasteiger partial charge in [0.1, 0.15) is 5.75 Å². The maximum atomic E-state index is 12.2. The van der Waals surface area contributed by atoms with Crippen molar-refractivity contribution in [3.8, 4) is 5.75 Å². The van der Waals surface area contributed by atoms with Gasteiger partial charge in [0.2, 0.25) is 5.91 Å². The zero-order valence-corrected chi connectivity index (χ0v) is 14.3. The van der Waals surface area contributed by atoms with Crippen LogP contribution in [-0.4, -0.2) is 31.6 Å². The van der Waals surface area contributed by atoms with E-state index in [0.717, 1.165) is 22.7 Å². The number of urea groups is 1.